The highest BCUT2D eigenvalue weighted by atomic mass is 35.5. The normalized spacial score (nSPS) is 14.9. The minimum absolute atomic E-state index is 0.0582. The van der Waals surface area contributed by atoms with Crippen molar-refractivity contribution in [3.8, 4) is 0 Å². The monoisotopic (exact) mass is 257 g/mol. The maximum absolute atomic E-state index is 13.0. The summed E-state index contributed by atoms with van der Waals surface area (Å²) in [7, 11) is 0. The summed E-state index contributed by atoms with van der Waals surface area (Å²) in [6.45, 7) is 2.49. The van der Waals surface area contributed by atoms with Crippen LogP contribution in [0.1, 0.15) is 0 Å². The Kier molecular flexibility index (Phi) is 3.68. The number of carbonyl (C=O) groups is 1. The van der Waals surface area contributed by atoms with E-state index in [0.29, 0.717) is 36.9 Å². The van der Waals surface area contributed by atoms with E-state index >= 15 is 0 Å². The van der Waals surface area contributed by atoms with Gasteiger partial charge >= 0.3 is 6.03 Å². The van der Waals surface area contributed by atoms with E-state index in [2.05, 4.69) is 10.6 Å². The molecule has 1 aromatic rings. The summed E-state index contributed by atoms with van der Waals surface area (Å²) in [5.74, 6) is -0.337. The number of nitrogens with one attached hydrogen (secondary N) is 2. The van der Waals surface area contributed by atoms with Crippen molar-refractivity contribution >= 4 is 23.3 Å². The Labute approximate surface area is 104 Å². The smallest absolute Gasteiger partial charge is 0.317 e. The molecule has 0 aliphatic carbocycles. The van der Waals surface area contributed by atoms with Crippen molar-refractivity contribution in [2.75, 3.05) is 31.5 Å². The number of nitrogens with zero attached hydrogens (tertiary/aromatic N) is 1. The molecule has 0 saturated carbocycles. The molecule has 2 rings (SSSR count). The summed E-state index contributed by atoms with van der Waals surface area (Å²) in [5.41, 5.74) is 0.547. The zero-order valence-electron chi connectivity index (χ0n) is 9.17. The van der Waals surface area contributed by atoms with Gasteiger partial charge in [-0.15, -0.1) is 0 Å². The highest BCUT2D eigenvalue weighted by Gasteiger charge is 2.18. The second-order valence-corrected chi connectivity index (χ2v) is 4.18. The molecule has 1 fully saturated rings. The van der Waals surface area contributed by atoms with Gasteiger partial charge in [-0.1, -0.05) is 11.6 Å². The fraction of sp³-hybridized carbons (Fsp3) is 0.364. The van der Waals surface area contributed by atoms with E-state index in [1.54, 1.807) is 4.90 Å². The van der Waals surface area contributed by atoms with Crippen molar-refractivity contribution in [1.29, 1.82) is 0 Å². The summed E-state index contributed by atoms with van der Waals surface area (Å²) in [6.07, 6.45) is 0. The number of halogens is 2. The van der Waals surface area contributed by atoms with Crippen molar-refractivity contribution in [2.45, 2.75) is 0 Å². The molecule has 0 spiro atoms. The predicted molar refractivity (Wildman–Crippen MR) is 64.9 cm³/mol. The van der Waals surface area contributed by atoms with Gasteiger partial charge < -0.3 is 15.5 Å². The number of urea groups is 1. The van der Waals surface area contributed by atoms with Gasteiger partial charge in [0.25, 0.3) is 0 Å². The third-order valence-electron chi connectivity index (χ3n) is 2.57. The molecule has 92 valence electrons. The molecule has 1 aliphatic heterocycles. The van der Waals surface area contributed by atoms with E-state index in [0.717, 1.165) is 0 Å². The zero-order valence-corrected chi connectivity index (χ0v) is 9.93. The molecule has 4 nitrogen and oxygen atoms in total. The molecule has 1 heterocycles. The lowest BCUT2D eigenvalue weighted by molar-refractivity contribution is 0.219. The Morgan fingerprint density at radius 3 is 3.06 bits per heavy atom. The van der Waals surface area contributed by atoms with E-state index in [1.807, 2.05) is 0 Å². The van der Waals surface area contributed by atoms with E-state index in [4.69, 9.17) is 11.6 Å². The fourth-order valence-electron chi connectivity index (χ4n) is 1.68. The van der Waals surface area contributed by atoms with E-state index < -0.39 is 0 Å². The maximum Gasteiger partial charge on any atom is 0.317 e. The SMILES string of the molecule is O=C1NCCN1CCNc1cc(F)ccc1Cl. The van der Waals surface area contributed by atoms with Crippen molar-refractivity contribution < 1.29 is 9.18 Å². The lowest BCUT2D eigenvalue weighted by atomic mass is 10.3. The molecule has 0 atom stereocenters. The largest absolute Gasteiger partial charge is 0.382 e. The van der Waals surface area contributed by atoms with E-state index in [1.165, 1.54) is 18.2 Å². The first-order valence-electron chi connectivity index (χ1n) is 5.38. The Balaban J connectivity index is 1.85. The molecule has 17 heavy (non-hydrogen) atoms. The van der Waals surface area contributed by atoms with Crippen LogP contribution >= 0.6 is 11.6 Å². The first-order valence-corrected chi connectivity index (χ1v) is 5.76. The molecule has 0 unspecified atom stereocenters. The first-order chi connectivity index (χ1) is 8.16. The van der Waals surface area contributed by atoms with Crippen molar-refractivity contribution in [3.05, 3.63) is 29.0 Å². The number of hydrogen-bond donors (Lipinski definition) is 2. The molecule has 6 heteroatoms. The Morgan fingerprint density at radius 1 is 1.53 bits per heavy atom. The number of benzene rings is 1. The number of amides is 2. The molecule has 2 amide bonds. The van der Waals surface area contributed by atoms with Crippen LogP contribution in [0.3, 0.4) is 0 Å². The minimum Gasteiger partial charge on any atom is -0.382 e. The minimum atomic E-state index is -0.337. The van der Waals surface area contributed by atoms with Crippen molar-refractivity contribution in [1.82, 2.24) is 10.2 Å². The number of rotatable bonds is 4. The van der Waals surface area contributed by atoms with Crippen LogP contribution in [0.5, 0.6) is 0 Å². The Hall–Kier alpha value is -1.49. The Bertz CT molecular complexity index is 427. The molecule has 0 aromatic heterocycles. The van der Waals surface area contributed by atoms with Crippen LogP contribution in [0.25, 0.3) is 0 Å². The van der Waals surface area contributed by atoms with Gasteiger partial charge in [-0.3, -0.25) is 0 Å². The van der Waals surface area contributed by atoms with E-state index in [9.17, 15) is 9.18 Å². The van der Waals surface area contributed by atoms with Crippen LogP contribution in [0.2, 0.25) is 5.02 Å². The average Bonchev–Trinajstić information content (AvgIpc) is 2.70. The zero-order chi connectivity index (χ0) is 12.3. The van der Waals surface area contributed by atoms with Crippen LogP contribution in [-0.2, 0) is 0 Å². The molecule has 2 N–H and O–H groups in total. The maximum atomic E-state index is 13.0. The molecule has 0 bridgehead atoms. The Morgan fingerprint density at radius 2 is 2.35 bits per heavy atom. The van der Waals surface area contributed by atoms with Crippen LogP contribution < -0.4 is 10.6 Å². The molecule has 1 aliphatic rings. The van der Waals surface area contributed by atoms with Gasteiger partial charge in [0, 0.05) is 26.2 Å². The van der Waals surface area contributed by atoms with Crippen molar-refractivity contribution in [2.24, 2.45) is 0 Å². The lowest BCUT2D eigenvalue weighted by Gasteiger charge is -2.15. The summed E-state index contributed by atoms with van der Waals surface area (Å²) in [4.78, 5) is 12.9. The van der Waals surface area contributed by atoms with Gasteiger partial charge in [-0.2, -0.15) is 0 Å². The summed E-state index contributed by atoms with van der Waals surface area (Å²) in [5, 5.41) is 6.19. The summed E-state index contributed by atoms with van der Waals surface area (Å²) >= 11 is 5.90. The van der Waals surface area contributed by atoms with Gasteiger partial charge in [0.05, 0.1) is 10.7 Å². The van der Waals surface area contributed by atoms with Crippen LogP contribution in [0.4, 0.5) is 14.9 Å². The number of carbonyl (C=O) groups excluding carboxylic acids is 1. The number of anilines is 1. The first kappa shape index (κ1) is 12.0. The topological polar surface area (TPSA) is 44.4 Å². The van der Waals surface area contributed by atoms with Gasteiger partial charge in [0.2, 0.25) is 0 Å². The third-order valence-corrected chi connectivity index (χ3v) is 2.90. The summed E-state index contributed by atoms with van der Waals surface area (Å²) < 4.78 is 13.0. The predicted octanol–water partition coefficient (Wildman–Crippen LogP) is 1.92. The van der Waals surface area contributed by atoms with E-state index in [-0.39, 0.29) is 11.8 Å². The second kappa shape index (κ2) is 5.23. The van der Waals surface area contributed by atoms with Crippen LogP contribution in [0.15, 0.2) is 18.2 Å². The molecule has 1 aromatic carbocycles. The lowest BCUT2D eigenvalue weighted by Crippen LogP contribution is -2.32. The van der Waals surface area contributed by atoms with Crippen LogP contribution in [-0.4, -0.2) is 37.1 Å². The highest BCUT2D eigenvalue weighted by Crippen LogP contribution is 2.21. The second-order valence-electron chi connectivity index (χ2n) is 3.77. The summed E-state index contributed by atoms with van der Waals surface area (Å²) in [6, 6.07) is 4.09. The molecule has 1 saturated heterocycles. The van der Waals surface area contributed by atoms with Crippen LogP contribution in [0, 0.1) is 5.82 Å². The fourth-order valence-corrected chi connectivity index (χ4v) is 1.87. The molecule has 0 radical (unpaired) electrons. The van der Waals surface area contributed by atoms with Gasteiger partial charge in [0.1, 0.15) is 5.82 Å². The highest BCUT2D eigenvalue weighted by molar-refractivity contribution is 6.33. The van der Waals surface area contributed by atoms with Gasteiger partial charge in [-0.05, 0) is 18.2 Å². The average molecular weight is 258 g/mol. The number of hydrogen-bond acceptors (Lipinski definition) is 2. The van der Waals surface area contributed by atoms with Crippen molar-refractivity contribution in [3.63, 3.8) is 0 Å². The van der Waals surface area contributed by atoms with Gasteiger partial charge in [0.15, 0.2) is 0 Å². The standard InChI is InChI=1S/C11H13ClFN3O/c12-9-2-1-8(13)7-10(9)14-3-5-16-6-4-15-11(16)17/h1-2,7,14H,3-6H2,(H,15,17). The molecular weight excluding hydrogens is 245 g/mol. The third kappa shape index (κ3) is 3.00. The van der Waals surface area contributed by atoms with Gasteiger partial charge in [-0.25, -0.2) is 9.18 Å². The molecular formula is C11H13ClFN3O. The quantitative estimate of drug-likeness (QED) is 0.866.